The van der Waals surface area contributed by atoms with Crippen molar-refractivity contribution in [3.8, 4) is 0 Å². The minimum absolute atomic E-state index is 0.0450. The summed E-state index contributed by atoms with van der Waals surface area (Å²) in [7, 11) is -2.17. The Balaban J connectivity index is 1.84. The number of hydrogen-bond acceptors (Lipinski definition) is 4. The molecule has 0 spiro atoms. The Bertz CT molecular complexity index is 892. The van der Waals surface area contributed by atoms with E-state index in [2.05, 4.69) is 0 Å². The van der Waals surface area contributed by atoms with Crippen molar-refractivity contribution < 1.29 is 18.3 Å². The summed E-state index contributed by atoms with van der Waals surface area (Å²) in [6, 6.07) is 11.1. The Morgan fingerprint density at radius 1 is 1.31 bits per heavy atom. The summed E-state index contributed by atoms with van der Waals surface area (Å²) >= 11 is 0. The molecular formula is C18H23N3O4S. The average Bonchev–Trinajstić information content (AvgIpc) is 3.04. The summed E-state index contributed by atoms with van der Waals surface area (Å²) < 4.78 is 28.7. The van der Waals surface area contributed by atoms with Crippen LogP contribution in [0.5, 0.6) is 0 Å². The molecule has 2 atom stereocenters. The number of aromatic nitrogens is 1. The number of carbonyl (C=O) groups excluding carboxylic acids is 1. The summed E-state index contributed by atoms with van der Waals surface area (Å²) in [5.74, 6) is -0.741. The van der Waals surface area contributed by atoms with E-state index < -0.39 is 15.9 Å². The summed E-state index contributed by atoms with van der Waals surface area (Å²) in [6.07, 6.45) is 2.02. The summed E-state index contributed by atoms with van der Waals surface area (Å²) in [6.45, 7) is 0.505. The summed E-state index contributed by atoms with van der Waals surface area (Å²) in [5, 5.41) is 9.81. The molecule has 0 radical (unpaired) electrons. The van der Waals surface area contributed by atoms with Crippen LogP contribution in [0, 0.1) is 5.92 Å². The molecule has 1 aliphatic heterocycles. The third kappa shape index (κ3) is 3.40. The zero-order valence-corrected chi connectivity index (χ0v) is 15.4. The second-order valence-corrected chi connectivity index (χ2v) is 8.59. The van der Waals surface area contributed by atoms with Gasteiger partial charge in [0.25, 0.3) is 5.91 Å². The molecule has 0 unspecified atom stereocenters. The van der Waals surface area contributed by atoms with Crippen LogP contribution in [0.25, 0.3) is 0 Å². The molecule has 0 saturated carbocycles. The Labute approximate surface area is 153 Å². The number of sulfonamides is 1. The number of piperidine rings is 1. The van der Waals surface area contributed by atoms with Gasteiger partial charge in [0, 0.05) is 38.9 Å². The first-order chi connectivity index (χ1) is 12.3. The van der Waals surface area contributed by atoms with Gasteiger partial charge in [-0.05, 0) is 24.0 Å². The van der Waals surface area contributed by atoms with Crippen LogP contribution < -0.4 is 5.73 Å². The van der Waals surface area contributed by atoms with E-state index in [9.17, 15) is 18.3 Å². The second kappa shape index (κ2) is 7.22. The van der Waals surface area contributed by atoms with Gasteiger partial charge in [-0.1, -0.05) is 30.3 Å². The number of nitrogens with zero attached hydrogens (tertiary/aromatic N) is 2. The highest BCUT2D eigenvalue weighted by molar-refractivity contribution is 7.89. The topological polar surface area (TPSA) is 106 Å². The number of carbonyl (C=O) groups is 1. The molecule has 1 fully saturated rings. The fourth-order valence-electron chi connectivity index (χ4n) is 3.61. The van der Waals surface area contributed by atoms with Gasteiger partial charge in [0.1, 0.15) is 10.6 Å². The molecule has 2 aromatic rings. The average molecular weight is 377 g/mol. The number of aryl methyl sites for hydroxylation is 1. The van der Waals surface area contributed by atoms with Crippen LogP contribution in [0.1, 0.15) is 28.4 Å². The predicted molar refractivity (Wildman–Crippen MR) is 97.1 cm³/mol. The Hall–Kier alpha value is -2.16. The van der Waals surface area contributed by atoms with Gasteiger partial charge < -0.3 is 15.4 Å². The number of aliphatic hydroxyl groups excluding tert-OH is 1. The number of nitrogens with two attached hydrogens (primary N) is 1. The Morgan fingerprint density at radius 3 is 2.58 bits per heavy atom. The third-order valence-electron chi connectivity index (χ3n) is 5.03. The molecule has 0 aliphatic carbocycles. The van der Waals surface area contributed by atoms with Gasteiger partial charge in [-0.3, -0.25) is 4.79 Å². The van der Waals surface area contributed by atoms with Crippen LogP contribution in [0.15, 0.2) is 47.5 Å². The number of rotatable bonds is 5. The molecule has 1 amide bonds. The minimum Gasteiger partial charge on any atom is -0.396 e. The molecule has 2 heterocycles. The molecule has 1 aromatic heterocycles. The molecule has 140 valence electrons. The number of amides is 1. The first-order valence-electron chi connectivity index (χ1n) is 8.46. The highest BCUT2D eigenvalue weighted by Crippen LogP contribution is 2.35. The maximum absolute atomic E-state index is 13.0. The van der Waals surface area contributed by atoms with Crippen LogP contribution in [0.3, 0.4) is 0 Å². The van der Waals surface area contributed by atoms with Gasteiger partial charge in [0.2, 0.25) is 10.0 Å². The van der Waals surface area contributed by atoms with Gasteiger partial charge in [-0.2, -0.15) is 4.31 Å². The number of aliphatic hydroxyl groups is 1. The van der Waals surface area contributed by atoms with Crippen molar-refractivity contribution in [1.29, 1.82) is 0 Å². The lowest BCUT2D eigenvalue weighted by Crippen LogP contribution is -2.44. The minimum atomic E-state index is -3.75. The quantitative estimate of drug-likeness (QED) is 0.808. The number of primary amides is 1. The highest BCUT2D eigenvalue weighted by atomic mass is 32.2. The van der Waals surface area contributed by atoms with Crippen molar-refractivity contribution in [3.05, 3.63) is 53.9 Å². The largest absolute Gasteiger partial charge is 0.396 e. The SMILES string of the molecule is Cn1cc(S(=O)(=O)N2CC[C@@H](c3ccccc3)[C@@H](CO)C2)cc1C(N)=O. The van der Waals surface area contributed by atoms with E-state index in [0.717, 1.165) is 5.56 Å². The van der Waals surface area contributed by atoms with Crippen LogP contribution >= 0.6 is 0 Å². The van der Waals surface area contributed by atoms with E-state index in [0.29, 0.717) is 13.0 Å². The van der Waals surface area contributed by atoms with Crippen molar-refractivity contribution in [3.63, 3.8) is 0 Å². The maximum atomic E-state index is 13.0. The summed E-state index contributed by atoms with van der Waals surface area (Å²) in [5.41, 5.74) is 6.53. The fraction of sp³-hybridized carbons (Fsp3) is 0.389. The first-order valence-corrected chi connectivity index (χ1v) is 9.90. The molecule has 1 aromatic carbocycles. The van der Waals surface area contributed by atoms with Crippen molar-refractivity contribution in [1.82, 2.24) is 8.87 Å². The van der Waals surface area contributed by atoms with Crippen LogP contribution in [-0.2, 0) is 17.1 Å². The van der Waals surface area contributed by atoms with E-state index in [-0.39, 0.29) is 35.6 Å². The lowest BCUT2D eigenvalue weighted by Gasteiger charge is -2.37. The molecule has 8 heteroatoms. The van der Waals surface area contributed by atoms with E-state index in [1.54, 1.807) is 7.05 Å². The van der Waals surface area contributed by atoms with Gasteiger partial charge in [-0.25, -0.2) is 8.42 Å². The molecule has 3 N–H and O–H groups in total. The van der Waals surface area contributed by atoms with Gasteiger partial charge in [0.05, 0.1) is 0 Å². The zero-order chi connectivity index (χ0) is 18.9. The fourth-order valence-corrected chi connectivity index (χ4v) is 5.19. The molecule has 1 saturated heterocycles. The van der Waals surface area contributed by atoms with Gasteiger partial charge in [0.15, 0.2) is 0 Å². The van der Waals surface area contributed by atoms with Crippen molar-refractivity contribution in [2.45, 2.75) is 17.2 Å². The van der Waals surface area contributed by atoms with Gasteiger partial charge in [-0.15, -0.1) is 0 Å². The van der Waals surface area contributed by atoms with Crippen LogP contribution in [0.2, 0.25) is 0 Å². The Morgan fingerprint density at radius 2 is 2.00 bits per heavy atom. The van der Waals surface area contributed by atoms with E-state index in [1.165, 1.54) is 21.1 Å². The predicted octanol–water partition coefficient (Wildman–Crippen LogP) is 0.911. The first kappa shape index (κ1) is 18.6. The molecule has 7 nitrogen and oxygen atoms in total. The van der Waals surface area contributed by atoms with Crippen LogP contribution in [-0.4, -0.2) is 48.0 Å². The second-order valence-electron chi connectivity index (χ2n) is 6.65. The van der Waals surface area contributed by atoms with Crippen molar-refractivity contribution in [2.75, 3.05) is 19.7 Å². The van der Waals surface area contributed by atoms with Gasteiger partial charge >= 0.3 is 0 Å². The number of benzene rings is 1. The highest BCUT2D eigenvalue weighted by Gasteiger charge is 2.36. The van der Waals surface area contributed by atoms with Crippen molar-refractivity contribution >= 4 is 15.9 Å². The molecule has 3 rings (SSSR count). The van der Waals surface area contributed by atoms with Crippen molar-refractivity contribution in [2.24, 2.45) is 18.7 Å². The molecular weight excluding hydrogens is 354 g/mol. The summed E-state index contributed by atoms with van der Waals surface area (Å²) in [4.78, 5) is 11.4. The standard InChI is InChI=1S/C18H23N3O4S/c1-20-11-15(9-17(20)18(19)23)26(24,25)21-8-7-16(14(10-21)12-22)13-5-3-2-4-6-13/h2-6,9,11,14,16,22H,7-8,10,12H2,1H3,(H2,19,23)/t14-,16+/m1/s1. The third-order valence-corrected chi connectivity index (χ3v) is 6.86. The van der Waals surface area contributed by atoms with E-state index in [1.807, 2.05) is 30.3 Å². The van der Waals surface area contributed by atoms with E-state index in [4.69, 9.17) is 5.73 Å². The smallest absolute Gasteiger partial charge is 0.265 e. The van der Waals surface area contributed by atoms with Crippen LogP contribution in [0.4, 0.5) is 0 Å². The zero-order valence-electron chi connectivity index (χ0n) is 14.6. The number of hydrogen-bond donors (Lipinski definition) is 2. The lowest BCUT2D eigenvalue weighted by molar-refractivity contribution is 0.0992. The Kier molecular flexibility index (Phi) is 5.17. The normalized spacial score (nSPS) is 21.6. The monoisotopic (exact) mass is 377 g/mol. The lowest BCUT2D eigenvalue weighted by atomic mass is 9.82. The molecule has 26 heavy (non-hydrogen) atoms. The molecule has 0 bridgehead atoms. The van der Waals surface area contributed by atoms with E-state index >= 15 is 0 Å². The molecule has 1 aliphatic rings. The maximum Gasteiger partial charge on any atom is 0.265 e.